The highest BCUT2D eigenvalue weighted by atomic mass is 16.6. The van der Waals surface area contributed by atoms with Crippen LogP contribution in [0.4, 0.5) is 4.79 Å². The number of ether oxygens (including phenoxy) is 1. The van der Waals surface area contributed by atoms with Crippen molar-refractivity contribution in [3.05, 3.63) is 0 Å². The third kappa shape index (κ3) is 17.0. The minimum atomic E-state index is -1.24. The summed E-state index contributed by atoms with van der Waals surface area (Å²) in [6, 6.07) is 0. The van der Waals surface area contributed by atoms with Gasteiger partial charge in [-0.2, -0.15) is 0 Å². The summed E-state index contributed by atoms with van der Waals surface area (Å²) in [6.45, 7) is 2.09. The predicted molar refractivity (Wildman–Crippen MR) is 107 cm³/mol. The fourth-order valence-corrected chi connectivity index (χ4v) is 1.67. The van der Waals surface area contributed by atoms with Gasteiger partial charge < -0.3 is 41.7 Å². The van der Waals surface area contributed by atoms with Gasteiger partial charge in [0.2, 0.25) is 29.5 Å². The molecule has 0 radical (unpaired) electrons. The Bertz CT molecular complexity index is 733. The Balaban J connectivity index is 3.92. The standard InChI is InChI=1S/C17H28N6O9/c1-17(2,3)32-16(31)23-8-14(28)21-6-12(26)19-4-10(24)18-5-11(25)20-7-13(27)22-9-15(29)30/h4-9H2,1-3H3,(H,18,24)(H,19,26)(H,20,25)(H,21,28)(H,22,27)(H,23,31)(H,29,30). The first-order valence-corrected chi connectivity index (χ1v) is 9.30. The smallest absolute Gasteiger partial charge is 0.408 e. The molecule has 15 heteroatoms. The zero-order chi connectivity index (χ0) is 24.7. The van der Waals surface area contributed by atoms with Gasteiger partial charge in [-0.1, -0.05) is 0 Å². The van der Waals surface area contributed by atoms with Crippen molar-refractivity contribution in [3.63, 3.8) is 0 Å². The Morgan fingerprint density at radius 1 is 0.562 bits per heavy atom. The van der Waals surface area contributed by atoms with E-state index in [1.54, 1.807) is 20.8 Å². The van der Waals surface area contributed by atoms with E-state index in [4.69, 9.17) is 9.84 Å². The molecule has 6 amide bonds. The molecule has 0 aliphatic carbocycles. The summed E-state index contributed by atoms with van der Waals surface area (Å²) >= 11 is 0. The number of alkyl carbamates (subject to hydrolysis) is 1. The molecule has 0 unspecified atom stereocenters. The molecule has 0 saturated carbocycles. The number of amides is 6. The predicted octanol–water partition coefficient (Wildman–Crippen LogP) is -3.82. The normalized spacial score (nSPS) is 10.2. The van der Waals surface area contributed by atoms with Gasteiger partial charge in [0.1, 0.15) is 18.7 Å². The monoisotopic (exact) mass is 460 g/mol. The van der Waals surface area contributed by atoms with Crippen LogP contribution < -0.4 is 31.9 Å². The van der Waals surface area contributed by atoms with Crippen molar-refractivity contribution < 1.29 is 43.4 Å². The number of nitrogens with one attached hydrogen (secondary N) is 6. The lowest BCUT2D eigenvalue weighted by molar-refractivity contribution is -0.137. The largest absolute Gasteiger partial charge is 0.480 e. The van der Waals surface area contributed by atoms with Gasteiger partial charge in [0.15, 0.2) is 0 Å². The van der Waals surface area contributed by atoms with Gasteiger partial charge in [-0.05, 0) is 20.8 Å². The second kappa shape index (κ2) is 14.2. The van der Waals surface area contributed by atoms with E-state index in [2.05, 4.69) is 26.6 Å². The van der Waals surface area contributed by atoms with Gasteiger partial charge in [-0.25, -0.2) is 4.79 Å². The van der Waals surface area contributed by atoms with E-state index < -0.39 is 86.5 Å². The molecule has 0 heterocycles. The number of carbonyl (C=O) groups excluding carboxylic acids is 6. The van der Waals surface area contributed by atoms with Crippen LogP contribution in [0.1, 0.15) is 20.8 Å². The second-order valence-electron chi connectivity index (χ2n) is 7.13. The Labute approximate surface area is 183 Å². The first-order valence-electron chi connectivity index (χ1n) is 9.30. The summed E-state index contributed by atoms with van der Waals surface area (Å²) < 4.78 is 4.94. The lowest BCUT2D eigenvalue weighted by Crippen LogP contribution is -2.46. The average molecular weight is 460 g/mol. The van der Waals surface area contributed by atoms with E-state index in [0.717, 1.165) is 0 Å². The number of hydrogen-bond donors (Lipinski definition) is 7. The van der Waals surface area contributed by atoms with Crippen LogP contribution in [0.25, 0.3) is 0 Å². The molecule has 0 fully saturated rings. The molecule has 7 N–H and O–H groups in total. The highest BCUT2D eigenvalue weighted by Crippen LogP contribution is 2.05. The molecule has 180 valence electrons. The Morgan fingerprint density at radius 2 is 0.844 bits per heavy atom. The minimum Gasteiger partial charge on any atom is -0.480 e. The van der Waals surface area contributed by atoms with Crippen LogP contribution >= 0.6 is 0 Å². The number of aliphatic carboxylic acids is 1. The molecule has 0 aromatic carbocycles. The van der Waals surface area contributed by atoms with Crippen LogP contribution in [0.5, 0.6) is 0 Å². The molecule has 32 heavy (non-hydrogen) atoms. The first kappa shape index (κ1) is 28.1. The molecule has 0 aliphatic heterocycles. The topological polar surface area (TPSA) is 221 Å². The summed E-state index contributed by atoms with van der Waals surface area (Å²) in [5, 5.41) is 21.4. The molecule has 0 aromatic heterocycles. The number of carboxylic acids is 1. The number of carboxylic acid groups (broad SMARTS) is 1. The quantitative estimate of drug-likeness (QED) is 0.151. The van der Waals surface area contributed by atoms with E-state index in [1.165, 1.54) is 0 Å². The van der Waals surface area contributed by atoms with Crippen LogP contribution in [0.3, 0.4) is 0 Å². The molecule has 0 spiro atoms. The summed E-state index contributed by atoms with van der Waals surface area (Å²) in [5.74, 6) is -4.72. The second-order valence-corrected chi connectivity index (χ2v) is 7.13. The van der Waals surface area contributed by atoms with Crippen LogP contribution in [0.2, 0.25) is 0 Å². The van der Waals surface area contributed by atoms with E-state index in [1.807, 2.05) is 5.32 Å². The molecular weight excluding hydrogens is 432 g/mol. The molecule has 0 aromatic rings. The summed E-state index contributed by atoms with van der Waals surface area (Å²) in [4.78, 5) is 79.2. The van der Waals surface area contributed by atoms with Crippen LogP contribution in [0.15, 0.2) is 0 Å². The van der Waals surface area contributed by atoms with Gasteiger partial charge in [0, 0.05) is 0 Å². The van der Waals surface area contributed by atoms with Gasteiger partial charge >= 0.3 is 12.1 Å². The van der Waals surface area contributed by atoms with Crippen molar-refractivity contribution in [1.82, 2.24) is 31.9 Å². The van der Waals surface area contributed by atoms with Crippen LogP contribution in [0, 0.1) is 0 Å². The molecule has 0 aliphatic rings. The zero-order valence-electron chi connectivity index (χ0n) is 18.0. The van der Waals surface area contributed by atoms with Crippen molar-refractivity contribution in [3.8, 4) is 0 Å². The van der Waals surface area contributed by atoms with Gasteiger partial charge in [0.05, 0.1) is 26.2 Å². The lowest BCUT2D eigenvalue weighted by atomic mass is 10.2. The maximum Gasteiger partial charge on any atom is 0.408 e. The number of carbonyl (C=O) groups is 7. The van der Waals surface area contributed by atoms with Gasteiger partial charge in [-0.3, -0.25) is 28.8 Å². The number of hydrogen-bond acceptors (Lipinski definition) is 8. The summed E-state index contributed by atoms with van der Waals surface area (Å²) in [6.07, 6.45) is -0.793. The van der Waals surface area contributed by atoms with Gasteiger partial charge in [0.25, 0.3) is 0 Å². The van der Waals surface area contributed by atoms with E-state index in [0.29, 0.717) is 0 Å². The van der Waals surface area contributed by atoms with Crippen molar-refractivity contribution in [2.45, 2.75) is 26.4 Å². The highest BCUT2D eigenvalue weighted by molar-refractivity contribution is 5.91. The zero-order valence-corrected chi connectivity index (χ0v) is 18.0. The fourth-order valence-electron chi connectivity index (χ4n) is 1.67. The maximum absolute atomic E-state index is 11.6. The lowest BCUT2D eigenvalue weighted by Gasteiger charge is -2.19. The Kier molecular flexibility index (Phi) is 12.4. The SMILES string of the molecule is CC(C)(C)OC(=O)NCC(=O)NCC(=O)NCC(=O)NCC(=O)NCC(=O)NCC(=O)O. The van der Waals surface area contributed by atoms with Crippen molar-refractivity contribution in [2.75, 3.05) is 39.3 Å². The molecule has 0 bridgehead atoms. The summed E-state index contributed by atoms with van der Waals surface area (Å²) in [7, 11) is 0. The third-order valence-corrected chi connectivity index (χ3v) is 3.01. The van der Waals surface area contributed by atoms with Crippen molar-refractivity contribution >= 4 is 41.6 Å². The van der Waals surface area contributed by atoms with Crippen molar-refractivity contribution in [1.29, 1.82) is 0 Å². The van der Waals surface area contributed by atoms with E-state index >= 15 is 0 Å². The number of rotatable bonds is 12. The van der Waals surface area contributed by atoms with Crippen molar-refractivity contribution in [2.24, 2.45) is 0 Å². The fraction of sp³-hybridized carbons (Fsp3) is 0.588. The maximum atomic E-state index is 11.6. The van der Waals surface area contributed by atoms with E-state index in [-0.39, 0.29) is 0 Å². The molecule has 15 nitrogen and oxygen atoms in total. The highest BCUT2D eigenvalue weighted by Gasteiger charge is 2.17. The molecule has 0 saturated heterocycles. The Hall–Kier alpha value is -3.91. The molecule has 0 atom stereocenters. The molecular formula is C17H28N6O9. The molecule has 0 rings (SSSR count). The average Bonchev–Trinajstić information content (AvgIpc) is 2.68. The Morgan fingerprint density at radius 3 is 1.12 bits per heavy atom. The minimum absolute atomic E-state index is 0.411. The van der Waals surface area contributed by atoms with Gasteiger partial charge in [-0.15, -0.1) is 0 Å². The first-order chi connectivity index (χ1) is 14.8. The van der Waals surface area contributed by atoms with E-state index in [9.17, 15) is 33.6 Å². The van der Waals surface area contributed by atoms with Crippen LogP contribution in [-0.4, -0.2) is 91.6 Å². The third-order valence-electron chi connectivity index (χ3n) is 3.01. The summed E-state index contributed by atoms with van der Waals surface area (Å²) in [5.41, 5.74) is -0.724. The van der Waals surface area contributed by atoms with Crippen LogP contribution in [-0.2, 0) is 33.5 Å².